The molecule has 84 valence electrons. The van der Waals surface area contributed by atoms with E-state index in [-0.39, 0.29) is 17.6 Å². The first-order chi connectivity index (χ1) is 7.61. The molecule has 0 bridgehead atoms. The molecule has 1 aromatic heterocycles. The molecule has 1 aliphatic rings. The number of halogens is 1. The summed E-state index contributed by atoms with van der Waals surface area (Å²) in [5.41, 5.74) is 0. The van der Waals surface area contributed by atoms with Gasteiger partial charge >= 0.3 is 0 Å². The Morgan fingerprint density at radius 1 is 1.69 bits per heavy atom. The van der Waals surface area contributed by atoms with E-state index in [2.05, 4.69) is 27.5 Å². The van der Waals surface area contributed by atoms with Crippen molar-refractivity contribution in [1.82, 2.24) is 4.98 Å². The number of nitrogens with zero attached hydrogens (tertiary/aromatic N) is 2. The third kappa shape index (κ3) is 1.95. The summed E-state index contributed by atoms with van der Waals surface area (Å²) in [5.74, 6) is 0.428. The number of aromatic hydroxyl groups is 1. The second-order valence-electron chi connectivity index (χ2n) is 3.70. The van der Waals surface area contributed by atoms with Crippen LogP contribution in [0.5, 0.6) is 5.75 Å². The summed E-state index contributed by atoms with van der Waals surface area (Å²) in [7, 11) is 0. The van der Waals surface area contributed by atoms with Gasteiger partial charge in [0.1, 0.15) is 0 Å². The highest BCUT2D eigenvalue weighted by Gasteiger charge is 2.31. The molecular weight excluding hydrogens is 272 g/mol. The zero-order valence-corrected chi connectivity index (χ0v) is 10.1. The second-order valence-corrected chi connectivity index (χ2v) is 4.62. The Bertz CT molecular complexity index is 448. The van der Waals surface area contributed by atoms with Gasteiger partial charge in [-0.15, -0.1) is 6.58 Å². The Labute approximate surface area is 102 Å². The van der Waals surface area contributed by atoms with Gasteiger partial charge < -0.3 is 5.11 Å². The van der Waals surface area contributed by atoms with Crippen molar-refractivity contribution in [2.75, 3.05) is 11.4 Å². The van der Waals surface area contributed by atoms with Crippen molar-refractivity contribution >= 4 is 27.7 Å². The maximum absolute atomic E-state index is 11.7. The lowest BCUT2D eigenvalue weighted by Crippen LogP contribution is -2.25. The van der Waals surface area contributed by atoms with Gasteiger partial charge in [-0.3, -0.25) is 9.69 Å². The van der Waals surface area contributed by atoms with Gasteiger partial charge in [0.2, 0.25) is 5.91 Å². The smallest absolute Gasteiger partial charge is 0.228 e. The largest absolute Gasteiger partial charge is 0.504 e. The summed E-state index contributed by atoms with van der Waals surface area (Å²) in [5, 5.41) is 9.72. The van der Waals surface area contributed by atoms with Crippen molar-refractivity contribution < 1.29 is 9.90 Å². The summed E-state index contributed by atoms with van der Waals surface area (Å²) in [6.45, 7) is 4.20. The molecule has 5 heteroatoms. The standard InChI is InChI=1S/C11H11BrN2O2/c1-2-7-3-10(16)14(6-7)11-9(15)4-8(12)5-13-11/h2,4-5,7,15H,1,3,6H2. The molecule has 16 heavy (non-hydrogen) atoms. The van der Waals surface area contributed by atoms with E-state index in [0.29, 0.717) is 23.3 Å². The quantitative estimate of drug-likeness (QED) is 0.845. The fourth-order valence-corrected chi connectivity index (χ4v) is 2.05. The zero-order chi connectivity index (χ0) is 11.7. The van der Waals surface area contributed by atoms with Gasteiger partial charge in [0.15, 0.2) is 11.6 Å². The lowest BCUT2D eigenvalue weighted by Gasteiger charge is -2.16. The first-order valence-corrected chi connectivity index (χ1v) is 5.68. The van der Waals surface area contributed by atoms with Gasteiger partial charge in [0.05, 0.1) is 0 Å². The fraction of sp³-hybridized carbons (Fsp3) is 0.273. The Morgan fingerprint density at radius 3 is 3.00 bits per heavy atom. The van der Waals surface area contributed by atoms with E-state index in [1.165, 1.54) is 11.0 Å². The highest BCUT2D eigenvalue weighted by Crippen LogP contribution is 2.32. The molecule has 0 saturated carbocycles. The van der Waals surface area contributed by atoms with Crippen LogP contribution in [-0.4, -0.2) is 22.5 Å². The van der Waals surface area contributed by atoms with Crippen molar-refractivity contribution in [3.05, 3.63) is 29.4 Å². The van der Waals surface area contributed by atoms with Crippen LogP contribution >= 0.6 is 15.9 Å². The van der Waals surface area contributed by atoms with Crippen LogP contribution in [0.2, 0.25) is 0 Å². The SMILES string of the molecule is C=CC1CC(=O)N(c2ncc(Br)cc2O)C1. The molecule has 4 nitrogen and oxygen atoms in total. The maximum atomic E-state index is 11.7. The average Bonchev–Trinajstić information content (AvgIpc) is 2.60. The monoisotopic (exact) mass is 282 g/mol. The molecule has 1 fully saturated rings. The number of aromatic nitrogens is 1. The first-order valence-electron chi connectivity index (χ1n) is 4.89. The normalized spacial score (nSPS) is 20.2. The van der Waals surface area contributed by atoms with Crippen molar-refractivity contribution in [3.63, 3.8) is 0 Å². The zero-order valence-electron chi connectivity index (χ0n) is 8.56. The van der Waals surface area contributed by atoms with E-state index in [0.717, 1.165) is 0 Å². The van der Waals surface area contributed by atoms with E-state index in [1.54, 1.807) is 12.3 Å². The molecule has 2 heterocycles. The molecule has 1 aliphatic heterocycles. The number of hydrogen-bond acceptors (Lipinski definition) is 3. The molecule has 1 atom stereocenters. The van der Waals surface area contributed by atoms with E-state index in [9.17, 15) is 9.90 Å². The minimum Gasteiger partial charge on any atom is -0.504 e. The van der Waals surface area contributed by atoms with Crippen molar-refractivity contribution in [2.45, 2.75) is 6.42 Å². The average molecular weight is 283 g/mol. The lowest BCUT2D eigenvalue weighted by molar-refractivity contribution is -0.117. The number of hydrogen-bond donors (Lipinski definition) is 1. The number of carbonyl (C=O) groups is 1. The molecule has 1 unspecified atom stereocenters. The molecule has 0 spiro atoms. The molecular formula is C11H11BrN2O2. The molecule has 1 saturated heterocycles. The van der Waals surface area contributed by atoms with Gasteiger partial charge in [-0.2, -0.15) is 0 Å². The van der Waals surface area contributed by atoms with Gasteiger partial charge in [-0.05, 0) is 22.0 Å². The van der Waals surface area contributed by atoms with Gasteiger partial charge in [-0.25, -0.2) is 4.98 Å². The molecule has 0 radical (unpaired) electrons. The summed E-state index contributed by atoms with van der Waals surface area (Å²) < 4.78 is 0.681. The number of amides is 1. The predicted octanol–water partition coefficient (Wildman–Crippen LogP) is 2.09. The first kappa shape index (κ1) is 11.1. The molecule has 0 aliphatic carbocycles. The van der Waals surface area contributed by atoms with E-state index in [4.69, 9.17) is 0 Å². The van der Waals surface area contributed by atoms with Gasteiger partial charge in [-0.1, -0.05) is 6.08 Å². The van der Waals surface area contributed by atoms with Crippen LogP contribution in [0.3, 0.4) is 0 Å². The van der Waals surface area contributed by atoms with Crippen LogP contribution in [0.1, 0.15) is 6.42 Å². The Kier molecular flexibility index (Phi) is 2.96. The van der Waals surface area contributed by atoms with Gasteiger partial charge in [0.25, 0.3) is 0 Å². The van der Waals surface area contributed by atoms with Crippen LogP contribution in [0.4, 0.5) is 5.82 Å². The van der Waals surface area contributed by atoms with E-state index >= 15 is 0 Å². The summed E-state index contributed by atoms with van der Waals surface area (Å²) in [4.78, 5) is 17.2. The van der Waals surface area contributed by atoms with Crippen LogP contribution in [-0.2, 0) is 4.79 Å². The van der Waals surface area contributed by atoms with E-state index in [1.807, 2.05) is 0 Å². The number of anilines is 1. The number of pyridine rings is 1. The summed E-state index contributed by atoms with van der Waals surface area (Å²) in [6, 6.07) is 1.52. The van der Waals surface area contributed by atoms with Crippen molar-refractivity contribution in [3.8, 4) is 5.75 Å². The maximum Gasteiger partial charge on any atom is 0.228 e. The molecule has 1 N–H and O–H groups in total. The topological polar surface area (TPSA) is 53.4 Å². The third-order valence-electron chi connectivity index (χ3n) is 2.56. The van der Waals surface area contributed by atoms with Crippen molar-refractivity contribution in [2.24, 2.45) is 5.92 Å². The number of rotatable bonds is 2. The predicted molar refractivity (Wildman–Crippen MR) is 64.3 cm³/mol. The van der Waals surface area contributed by atoms with Crippen LogP contribution in [0.25, 0.3) is 0 Å². The minimum atomic E-state index is -0.0324. The van der Waals surface area contributed by atoms with Crippen LogP contribution in [0.15, 0.2) is 29.4 Å². The molecule has 2 rings (SSSR count). The van der Waals surface area contributed by atoms with Gasteiger partial charge in [0, 0.05) is 29.6 Å². The third-order valence-corrected chi connectivity index (χ3v) is 2.99. The van der Waals surface area contributed by atoms with Crippen LogP contribution < -0.4 is 4.90 Å². The van der Waals surface area contributed by atoms with E-state index < -0.39 is 0 Å². The Morgan fingerprint density at radius 2 is 2.44 bits per heavy atom. The lowest BCUT2D eigenvalue weighted by atomic mass is 10.1. The van der Waals surface area contributed by atoms with Crippen LogP contribution in [0, 0.1) is 5.92 Å². The Hall–Kier alpha value is -1.36. The second kappa shape index (κ2) is 4.25. The molecule has 0 aromatic carbocycles. The molecule has 1 amide bonds. The van der Waals surface area contributed by atoms with Crippen molar-refractivity contribution in [1.29, 1.82) is 0 Å². The Balaban J connectivity index is 2.31. The molecule has 1 aromatic rings. The minimum absolute atomic E-state index is 0.00689. The summed E-state index contributed by atoms with van der Waals surface area (Å²) in [6.07, 6.45) is 3.75. The fourth-order valence-electron chi connectivity index (χ4n) is 1.73. The summed E-state index contributed by atoms with van der Waals surface area (Å²) >= 11 is 3.20. The highest BCUT2D eigenvalue weighted by molar-refractivity contribution is 9.10. The highest BCUT2D eigenvalue weighted by atomic mass is 79.9. The number of carbonyl (C=O) groups excluding carboxylic acids is 1.